The first-order valence-corrected chi connectivity index (χ1v) is 8.04. The zero-order valence-electron chi connectivity index (χ0n) is 13.5. The maximum atomic E-state index is 4.34. The van der Waals surface area contributed by atoms with Crippen molar-refractivity contribution in [2.45, 2.75) is 0 Å². The van der Waals surface area contributed by atoms with Crippen molar-refractivity contribution < 1.29 is 0 Å². The highest BCUT2D eigenvalue weighted by atomic mass is 14.8. The number of aromatic nitrogens is 4. The molecule has 1 N–H and O–H groups in total. The Hall–Kier alpha value is -3.53. The summed E-state index contributed by atoms with van der Waals surface area (Å²) in [6.45, 7) is 0. The first-order chi connectivity index (χ1) is 12.4. The van der Waals surface area contributed by atoms with Gasteiger partial charge in [-0.3, -0.25) is 4.98 Å². The predicted octanol–water partition coefficient (Wildman–Crippen LogP) is 4.69. The van der Waals surface area contributed by atoms with Gasteiger partial charge < -0.3 is 4.98 Å². The van der Waals surface area contributed by atoms with Gasteiger partial charge in [-0.15, -0.1) is 0 Å². The number of fused-ring (bicyclic) bond motifs is 1. The van der Waals surface area contributed by atoms with Gasteiger partial charge in [-0.2, -0.15) is 0 Å². The summed E-state index contributed by atoms with van der Waals surface area (Å²) >= 11 is 0. The van der Waals surface area contributed by atoms with Crippen molar-refractivity contribution in [3.05, 3.63) is 89.9 Å². The van der Waals surface area contributed by atoms with Gasteiger partial charge in [0.05, 0.1) is 11.4 Å². The summed E-state index contributed by atoms with van der Waals surface area (Å²) in [6.07, 6.45) is 13.2. The molecule has 4 rings (SSSR count). The Balaban J connectivity index is 1.76. The molecule has 0 saturated heterocycles. The number of aromatic amines is 1. The van der Waals surface area contributed by atoms with Gasteiger partial charge in [0, 0.05) is 34.6 Å². The summed E-state index contributed by atoms with van der Waals surface area (Å²) in [5.74, 6) is 0. The van der Waals surface area contributed by atoms with Crippen LogP contribution in [0.5, 0.6) is 0 Å². The molecule has 120 valence electrons. The molecule has 0 amide bonds. The number of H-pyrrole nitrogens is 1. The lowest BCUT2D eigenvalue weighted by Gasteiger charge is -1.96. The normalized spacial score (nSPS) is 11.7. The molecular formula is C21H16N4. The van der Waals surface area contributed by atoms with Crippen molar-refractivity contribution in [1.29, 1.82) is 0 Å². The van der Waals surface area contributed by atoms with Crippen LogP contribution in [0.1, 0.15) is 22.6 Å². The predicted molar refractivity (Wildman–Crippen MR) is 102 cm³/mol. The quantitative estimate of drug-likeness (QED) is 0.592. The lowest BCUT2D eigenvalue weighted by molar-refractivity contribution is 1.15. The fraction of sp³-hybridized carbons (Fsp3) is 0. The number of pyridine rings is 1. The Morgan fingerprint density at radius 3 is 2.40 bits per heavy atom. The van der Waals surface area contributed by atoms with E-state index in [2.05, 4.69) is 44.2 Å². The fourth-order valence-corrected chi connectivity index (χ4v) is 2.71. The first-order valence-electron chi connectivity index (χ1n) is 8.04. The lowest BCUT2D eigenvalue weighted by Crippen LogP contribution is -1.81. The van der Waals surface area contributed by atoms with E-state index < -0.39 is 0 Å². The molecule has 3 aromatic heterocycles. The summed E-state index contributed by atoms with van der Waals surface area (Å²) in [5, 5.41) is 1.17. The fourth-order valence-electron chi connectivity index (χ4n) is 2.71. The maximum absolute atomic E-state index is 4.34. The Bertz CT molecular complexity index is 1030. The molecule has 0 spiro atoms. The second-order valence-corrected chi connectivity index (χ2v) is 5.55. The molecule has 1 aromatic carbocycles. The van der Waals surface area contributed by atoms with Crippen LogP contribution >= 0.6 is 0 Å². The summed E-state index contributed by atoms with van der Waals surface area (Å²) in [7, 11) is 0. The van der Waals surface area contributed by atoms with Crippen molar-refractivity contribution >= 4 is 35.2 Å². The number of benzene rings is 1. The van der Waals surface area contributed by atoms with Gasteiger partial charge in [0.1, 0.15) is 6.33 Å². The number of hydrogen-bond acceptors (Lipinski definition) is 3. The molecule has 4 aromatic rings. The average molecular weight is 324 g/mol. The second kappa shape index (κ2) is 6.93. The zero-order valence-corrected chi connectivity index (χ0v) is 13.5. The Morgan fingerprint density at radius 1 is 0.720 bits per heavy atom. The highest BCUT2D eigenvalue weighted by Gasteiger charge is 2.06. The first kappa shape index (κ1) is 15.0. The molecule has 0 radical (unpaired) electrons. The minimum atomic E-state index is 0.875. The smallest absolute Gasteiger partial charge is 0.115 e. The van der Waals surface area contributed by atoms with Gasteiger partial charge >= 0.3 is 0 Å². The highest BCUT2D eigenvalue weighted by Crippen LogP contribution is 2.25. The molecule has 3 heterocycles. The van der Waals surface area contributed by atoms with E-state index in [1.165, 1.54) is 5.39 Å². The topological polar surface area (TPSA) is 54.5 Å². The highest BCUT2D eigenvalue weighted by molar-refractivity contribution is 5.96. The van der Waals surface area contributed by atoms with Crippen LogP contribution < -0.4 is 0 Å². The molecule has 0 fully saturated rings. The van der Waals surface area contributed by atoms with Crippen LogP contribution in [-0.2, 0) is 0 Å². The van der Waals surface area contributed by atoms with E-state index in [9.17, 15) is 0 Å². The lowest BCUT2D eigenvalue weighted by atomic mass is 10.1. The largest absolute Gasteiger partial charge is 0.355 e. The summed E-state index contributed by atoms with van der Waals surface area (Å²) in [4.78, 5) is 16.0. The van der Waals surface area contributed by atoms with Gasteiger partial charge in [-0.25, -0.2) is 9.97 Å². The van der Waals surface area contributed by atoms with E-state index in [1.54, 1.807) is 18.7 Å². The van der Waals surface area contributed by atoms with E-state index >= 15 is 0 Å². The van der Waals surface area contributed by atoms with Crippen molar-refractivity contribution in [2.24, 2.45) is 0 Å². The van der Waals surface area contributed by atoms with Gasteiger partial charge in [-0.05, 0) is 42.5 Å². The molecule has 0 atom stereocenters. The molecule has 4 nitrogen and oxygen atoms in total. The number of rotatable bonds is 4. The van der Waals surface area contributed by atoms with Crippen molar-refractivity contribution in [1.82, 2.24) is 19.9 Å². The molecule has 0 saturated carbocycles. The molecular weight excluding hydrogens is 308 g/mol. The Morgan fingerprint density at radius 2 is 1.56 bits per heavy atom. The third kappa shape index (κ3) is 3.38. The number of hydrogen-bond donors (Lipinski definition) is 1. The maximum Gasteiger partial charge on any atom is 0.115 e. The van der Waals surface area contributed by atoms with E-state index in [-0.39, 0.29) is 0 Å². The van der Waals surface area contributed by atoms with Crippen LogP contribution in [0.25, 0.3) is 35.2 Å². The summed E-state index contributed by atoms with van der Waals surface area (Å²) < 4.78 is 0. The van der Waals surface area contributed by atoms with Crippen molar-refractivity contribution in [2.75, 3.05) is 0 Å². The molecule has 4 heteroatoms. The van der Waals surface area contributed by atoms with Crippen LogP contribution in [0.3, 0.4) is 0 Å². The summed E-state index contributed by atoms with van der Waals surface area (Å²) in [6, 6.07) is 16.0. The standard InChI is InChI=1S/C21H16N4/c1-2-7-20-18(6-1)19(10-8-17-12-14-22-15-24-17)21(25-20)11-9-16-5-3-4-13-23-16/h1-15,25H/b10-8+,11-9+. The third-order valence-corrected chi connectivity index (χ3v) is 3.91. The Kier molecular flexibility index (Phi) is 4.16. The zero-order chi connectivity index (χ0) is 16.9. The van der Waals surface area contributed by atoms with E-state index in [0.29, 0.717) is 0 Å². The number of para-hydroxylation sites is 1. The minimum Gasteiger partial charge on any atom is -0.355 e. The SMILES string of the molecule is C(=C\c1[nH]c2ccccc2c1/C=C/c1ccncn1)/c1ccccn1. The van der Waals surface area contributed by atoms with Crippen molar-refractivity contribution in [3.8, 4) is 0 Å². The van der Waals surface area contributed by atoms with E-state index in [4.69, 9.17) is 0 Å². The van der Waals surface area contributed by atoms with Crippen LogP contribution in [-0.4, -0.2) is 19.9 Å². The van der Waals surface area contributed by atoms with Gasteiger partial charge in [-0.1, -0.05) is 30.3 Å². The van der Waals surface area contributed by atoms with Crippen molar-refractivity contribution in [3.63, 3.8) is 0 Å². The molecule has 0 aliphatic rings. The van der Waals surface area contributed by atoms with E-state index in [0.717, 1.165) is 28.2 Å². The monoisotopic (exact) mass is 324 g/mol. The van der Waals surface area contributed by atoms with E-state index in [1.807, 2.05) is 48.6 Å². The molecule has 0 aliphatic heterocycles. The second-order valence-electron chi connectivity index (χ2n) is 5.55. The van der Waals surface area contributed by atoms with Crippen LogP contribution in [0.4, 0.5) is 0 Å². The van der Waals surface area contributed by atoms with Crippen LogP contribution in [0.15, 0.2) is 67.3 Å². The molecule has 25 heavy (non-hydrogen) atoms. The summed E-state index contributed by atoms with van der Waals surface area (Å²) in [5.41, 5.74) is 5.07. The van der Waals surface area contributed by atoms with Gasteiger partial charge in [0.2, 0.25) is 0 Å². The van der Waals surface area contributed by atoms with Crippen LogP contribution in [0.2, 0.25) is 0 Å². The molecule has 0 aliphatic carbocycles. The average Bonchev–Trinajstić information content (AvgIpc) is 3.04. The minimum absolute atomic E-state index is 0.875. The number of nitrogens with one attached hydrogen (secondary N) is 1. The van der Waals surface area contributed by atoms with Crippen LogP contribution in [0, 0.1) is 0 Å². The van der Waals surface area contributed by atoms with Gasteiger partial charge in [0.25, 0.3) is 0 Å². The third-order valence-electron chi connectivity index (χ3n) is 3.91. The molecule has 0 bridgehead atoms. The Labute approximate surface area is 145 Å². The molecule has 0 unspecified atom stereocenters. The van der Waals surface area contributed by atoms with Gasteiger partial charge in [0.15, 0.2) is 0 Å². The number of nitrogens with zero attached hydrogens (tertiary/aromatic N) is 3.